The summed E-state index contributed by atoms with van der Waals surface area (Å²) in [5.74, 6) is -0.328. The number of amides is 2. The Bertz CT molecular complexity index is 496. The highest BCUT2D eigenvalue weighted by Gasteiger charge is 2.18. The van der Waals surface area contributed by atoms with Gasteiger partial charge in [-0.15, -0.1) is 0 Å². The van der Waals surface area contributed by atoms with Gasteiger partial charge in [0, 0.05) is 18.5 Å². The highest BCUT2D eigenvalue weighted by Crippen LogP contribution is 2.24. The molecule has 0 atom stereocenters. The van der Waals surface area contributed by atoms with Crippen LogP contribution in [0, 0.1) is 0 Å². The largest absolute Gasteiger partial charge is 0.349 e. The summed E-state index contributed by atoms with van der Waals surface area (Å²) >= 11 is 5.97. The van der Waals surface area contributed by atoms with Gasteiger partial charge in [0.1, 0.15) is 0 Å². The van der Waals surface area contributed by atoms with Gasteiger partial charge in [0.05, 0.1) is 10.7 Å². The van der Waals surface area contributed by atoms with Crippen LogP contribution < -0.4 is 10.6 Å². The van der Waals surface area contributed by atoms with Crippen LogP contribution in [0.2, 0.25) is 5.02 Å². The van der Waals surface area contributed by atoms with Gasteiger partial charge in [-0.2, -0.15) is 0 Å². The van der Waals surface area contributed by atoms with Crippen molar-refractivity contribution in [3.05, 3.63) is 28.8 Å². The summed E-state index contributed by atoms with van der Waals surface area (Å²) in [6, 6.07) is 5.16. The van der Waals surface area contributed by atoms with Crippen LogP contribution in [0.15, 0.2) is 18.2 Å². The lowest BCUT2D eigenvalue weighted by molar-refractivity contribution is -0.114. The molecular weight excluding hydrogens is 264 g/mol. The minimum atomic E-state index is -0.213. The predicted molar refractivity (Wildman–Crippen MR) is 75.5 cm³/mol. The molecule has 4 nitrogen and oxygen atoms in total. The van der Waals surface area contributed by atoms with Crippen molar-refractivity contribution in [2.45, 2.75) is 38.6 Å². The second-order valence-corrected chi connectivity index (χ2v) is 5.24. The predicted octanol–water partition coefficient (Wildman–Crippen LogP) is 2.97. The number of benzene rings is 1. The van der Waals surface area contributed by atoms with Crippen LogP contribution in [0.4, 0.5) is 5.69 Å². The average molecular weight is 281 g/mol. The zero-order valence-corrected chi connectivity index (χ0v) is 11.6. The maximum absolute atomic E-state index is 12.1. The second-order valence-electron chi connectivity index (χ2n) is 4.83. The normalized spacial score (nSPS) is 15.3. The Balaban J connectivity index is 2.10. The van der Waals surface area contributed by atoms with Crippen molar-refractivity contribution < 1.29 is 9.59 Å². The molecule has 1 saturated carbocycles. The Labute approximate surface area is 117 Å². The fraction of sp³-hybridized carbons (Fsp3) is 0.429. The molecule has 2 amide bonds. The van der Waals surface area contributed by atoms with E-state index in [1.54, 1.807) is 18.2 Å². The van der Waals surface area contributed by atoms with Gasteiger partial charge >= 0.3 is 0 Å². The van der Waals surface area contributed by atoms with Gasteiger partial charge in [-0.05, 0) is 31.0 Å². The molecule has 1 aromatic carbocycles. The van der Waals surface area contributed by atoms with Crippen LogP contribution in [0.5, 0.6) is 0 Å². The summed E-state index contributed by atoms with van der Waals surface area (Å²) in [7, 11) is 0. The molecule has 1 aromatic rings. The number of carbonyl (C=O) groups is 2. The van der Waals surface area contributed by atoms with E-state index in [1.165, 1.54) is 19.8 Å². The van der Waals surface area contributed by atoms with E-state index in [0.717, 1.165) is 12.8 Å². The van der Waals surface area contributed by atoms with E-state index in [1.807, 2.05) is 0 Å². The maximum Gasteiger partial charge on any atom is 0.251 e. The van der Waals surface area contributed by atoms with Gasteiger partial charge in [-0.3, -0.25) is 9.59 Å². The standard InChI is InChI=1S/C14H17ClN2O2/c1-9(18)16-13-8-10(6-7-12(13)15)14(19)17-11-4-2-3-5-11/h6-8,11H,2-5H2,1H3,(H,16,18)(H,17,19). The third-order valence-corrected chi connectivity index (χ3v) is 3.56. The molecule has 0 heterocycles. The van der Waals surface area contributed by atoms with Crippen molar-refractivity contribution in [3.63, 3.8) is 0 Å². The molecule has 0 aliphatic heterocycles. The first kappa shape index (κ1) is 13.9. The molecule has 2 rings (SSSR count). The van der Waals surface area contributed by atoms with E-state index in [4.69, 9.17) is 11.6 Å². The molecule has 1 fully saturated rings. The fourth-order valence-electron chi connectivity index (χ4n) is 2.29. The first-order valence-corrected chi connectivity index (χ1v) is 6.82. The van der Waals surface area contributed by atoms with E-state index >= 15 is 0 Å². The van der Waals surface area contributed by atoms with Crippen molar-refractivity contribution in [2.75, 3.05) is 5.32 Å². The van der Waals surface area contributed by atoms with Gasteiger partial charge < -0.3 is 10.6 Å². The second kappa shape index (κ2) is 6.06. The van der Waals surface area contributed by atoms with Crippen molar-refractivity contribution in [3.8, 4) is 0 Å². The van der Waals surface area contributed by atoms with Crippen molar-refractivity contribution >= 4 is 29.1 Å². The molecule has 5 heteroatoms. The lowest BCUT2D eigenvalue weighted by Gasteiger charge is -2.13. The molecule has 1 aliphatic rings. The summed E-state index contributed by atoms with van der Waals surface area (Å²) in [5, 5.41) is 6.04. The third kappa shape index (κ3) is 3.70. The quantitative estimate of drug-likeness (QED) is 0.894. The summed E-state index contributed by atoms with van der Waals surface area (Å²) in [5.41, 5.74) is 0.980. The first-order chi connectivity index (χ1) is 9.06. The smallest absolute Gasteiger partial charge is 0.251 e. The fourth-order valence-corrected chi connectivity index (χ4v) is 2.46. The summed E-state index contributed by atoms with van der Waals surface area (Å²) < 4.78 is 0. The van der Waals surface area contributed by atoms with Crippen molar-refractivity contribution in [1.29, 1.82) is 0 Å². The first-order valence-electron chi connectivity index (χ1n) is 6.44. The molecule has 0 saturated heterocycles. The number of rotatable bonds is 3. The summed E-state index contributed by atoms with van der Waals surface area (Å²) in [6.07, 6.45) is 4.42. The SMILES string of the molecule is CC(=O)Nc1cc(C(=O)NC2CCCC2)ccc1Cl. The molecule has 0 aromatic heterocycles. The maximum atomic E-state index is 12.1. The van der Waals surface area contributed by atoms with Crippen LogP contribution in [0.3, 0.4) is 0 Å². The highest BCUT2D eigenvalue weighted by atomic mass is 35.5. The molecule has 0 unspecified atom stereocenters. The van der Waals surface area contributed by atoms with Gasteiger partial charge in [0.15, 0.2) is 0 Å². The van der Waals surface area contributed by atoms with E-state index in [0.29, 0.717) is 16.3 Å². The van der Waals surface area contributed by atoms with E-state index in [9.17, 15) is 9.59 Å². The van der Waals surface area contributed by atoms with Gasteiger partial charge in [0.2, 0.25) is 5.91 Å². The number of hydrogen-bond donors (Lipinski definition) is 2. The number of anilines is 1. The Hall–Kier alpha value is -1.55. The van der Waals surface area contributed by atoms with E-state index in [-0.39, 0.29) is 17.9 Å². The van der Waals surface area contributed by atoms with Crippen molar-refractivity contribution in [1.82, 2.24) is 5.32 Å². The molecule has 19 heavy (non-hydrogen) atoms. The van der Waals surface area contributed by atoms with Crippen LogP contribution in [0.25, 0.3) is 0 Å². The number of carbonyl (C=O) groups excluding carboxylic acids is 2. The summed E-state index contributed by atoms with van der Waals surface area (Å²) in [4.78, 5) is 23.1. The average Bonchev–Trinajstić information content (AvgIpc) is 2.84. The Morgan fingerprint density at radius 3 is 2.58 bits per heavy atom. The number of halogens is 1. The van der Waals surface area contributed by atoms with E-state index < -0.39 is 0 Å². The molecule has 2 N–H and O–H groups in total. The minimum absolute atomic E-state index is 0.116. The molecule has 1 aliphatic carbocycles. The van der Waals surface area contributed by atoms with Gasteiger partial charge in [0.25, 0.3) is 5.91 Å². The van der Waals surface area contributed by atoms with Crippen LogP contribution in [-0.2, 0) is 4.79 Å². The Morgan fingerprint density at radius 1 is 1.26 bits per heavy atom. The molecular formula is C14H17ClN2O2. The zero-order chi connectivity index (χ0) is 13.8. The number of hydrogen-bond acceptors (Lipinski definition) is 2. The van der Waals surface area contributed by atoms with E-state index in [2.05, 4.69) is 10.6 Å². The minimum Gasteiger partial charge on any atom is -0.349 e. The van der Waals surface area contributed by atoms with Crippen LogP contribution in [-0.4, -0.2) is 17.9 Å². The van der Waals surface area contributed by atoms with Crippen molar-refractivity contribution in [2.24, 2.45) is 0 Å². The Kier molecular flexibility index (Phi) is 4.43. The van der Waals surface area contributed by atoms with Crippen LogP contribution in [0.1, 0.15) is 43.0 Å². The molecule has 102 valence electrons. The van der Waals surface area contributed by atoms with Gasteiger partial charge in [-0.25, -0.2) is 0 Å². The lowest BCUT2D eigenvalue weighted by Crippen LogP contribution is -2.32. The Morgan fingerprint density at radius 2 is 1.95 bits per heavy atom. The van der Waals surface area contributed by atoms with Gasteiger partial charge in [-0.1, -0.05) is 24.4 Å². The molecule has 0 bridgehead atoms. The molecule has 0 radical (unpaired) electrons. The monoisotopic (exact) mass is 280 g/mol. The summed E-state index contributed by atoms with van der Waals surface area (Å²) in [6.45, 7) is 1.40. The van der Waals surface area contributed by atoms with Crippen LogP contribution >= 0.6 is 11.6 Å². The third-order valence-electron chi connectivity index (χ3n) is 3.23. The molecule has 0 spiro atoms. The lowest BCUT2D eigenvalue weighted by atomic mass is 10.1. The zero-order valence-electron chi connectivity index (χ0n) is 10.8. The topological polar surface area (TPSA) is 58.2 Å². The number of nitrogens with one attached hydrogen (secondary N) is 2. The highest BCUT2D eigenvalue weighted by molar-refractivity contribution is 6.33.